The van der Waals surface area contributed by atoms with Crippen molar-refractivity contribution >= 4 is 40.5 Å². The van der Waals surface area contributed by atoms with Gasteiger partial charge in [-0.15, -0.1) is 0 Å². The summed E-state index contributed by atoms with van der Waals surface area (Å²) in [5.41, 5.74) is 2.68. The van der Waals surface area contributed by atoms with Crippen LogP contribution in [0.25, 0.3) is 0 Å². The van der Waals surface area contributed by atoms with Gasteiger partial charge in [-0.1, -0.05) is 29.3 Å². The van der Waals surface area contributed by atoms with Crippen molar-refractivity contribution in [2.45, 2.75) is 44.6 Å². The van der Waals surface area contributed by atoms with Crippen LogP contribution in [0.2, 0.25) is 10.0 Å². The molecule has 5 aliphatic rings. The third-order valence-corrected chi connectivity index (χ3v) is 7.56. The molecule has 0 saturated heterocycles. The molecule has 0 aromatic heterocycles. The highest BCUT2D eigenvalue weighted by Crippen LogP contribution is 2.62. The van der Waals surface area contributed by atoms with Crippen LogP contribution in [0.5, 0.6) is 0 Å². The first-order valence-electron chi connectivity index (χ1n) is 9.25. The van der Waals surface area contributed by atoms with E-state index in [2.05, 4.69) is 16.7 Å². The van der Waals surface area contributed by atoms with E-state index < -0.39 is 0 Å². The Morgan fingerprint density at radius 1 is 1.00 bits per heavy atom. The van der Waals surface area contributed by atoms with Crippen LogP contribution in [0, 0.1) is 23.2 Å². The third kappa shape index (κ3) is 2.79. The van der Waals surface area contributed by atoms with E-state index in [-0.39, 0.29) is 6.04 Å². The number of benzene rings is 1. The van der Waals surface area contributed by atoms with E-state index in [1.165, 1.54) is 44.2 Å². The summed E-state index contributed by atoms with van der Waals surface area (Å²) in [5, 5.41) is 8.95. The van der Waals surface area contributed by atoms with E-state index in [0.29, 0.717) is 20.6 Å². The topological polar surface area (TPSA) is 24.1 Å². The summed E-state index contributed by atoms with van der Waals surface area (Å²) in [6.07, 6.45) is 10.6. The van der Waals surface area contributed by atoms with Gasteiger partial charge in [0.15, 0.2) is 5.11 Å². The molecule has 25 heavy (non-hydrogen) atoms. The summed E-state index contributed by atoms with van der Waals surface area (Å²) < 4.78 is 0. The van der Waals surface area contributed by atoms with Crippen LogP contribution in [0.3, 0.4) is 0 Å². The lowest BCUT2D eigenvalue weighted by Gasteiger charge is -2.58. The minimum atomic E-state index is 0.0153. The Labute approximate surface area is 164 Å². The van der Waals surface area contributed by atoms with Crippen molar-refractivity contribution in [2.24, 2.45) is 23.2 Å². The summed E-state index contributed by atoms with van der Waals surface area (Å²) >= 11 is 18.1. The average Bonchev–Trinajstić information content (AvgIpc) is 2.53. The molecular weight excluding hydrogens is 371 g/mol. The molecule has 5 heteroatoms. The zero-order valence-corrected chi connectivity index (χ0v) is 16.4. The van der Waals surface area contributed by atoms with E-state index in [1.807, 2.05) is 18.2 Å². The number of allylic oxidation sites excluding steroid dienone is 1. The van der Waals surface area contributed by atoms with Crippen molar-refractivity contribution in [1.82, 2.24) is 10.6 Å². The van der Waals surface area contributed by atoms with E-state index in [9.17, 15) is 0 Å². The second-order valence-corrected chi connectivity index (χ2v) is 9.77. The van der Waals surface area contributed by atoms with Crippen molar-refractivity contribution in [1.29, 1.82) is 0 Å². The van der Waals surface area contributed by atoms with Crippen LogP contribution in [0.15, 0.2) is 30.0 Å². The Morgan fingerprint density at radius 3 is 2.24 bits per heavy atom. The summed E-state index contributed by atoms with van der Waals surface area (Å²) in [4.78, 5) is 0. The van der Waals surface area contributed by atoms with E-state index in [4.69, 9.17) is 35.4 Å². The fraction of sp³-hybridized carbons (Fsp3) is 0.550. The average molecular weight is 393 g/mol. The Hall–Kier alpha value is -0.770. The first-order valence-corrected chi connectivity index (χ1v) is 10.4. The minimum absolute atomic E-state index is 0.0153. The van der Waals surface area contributed by atoms with Crippen molar-refractivity contribution in [2.75, 3.05) is 0 Å². The predicted molar refractivity (Wildman–Crippen MR) is 107 cm³/mol. The minimum Gasteiger partial charge on any atom is -0.352 e. The van der Waals surface area contributed by atoms with Crippen molar-refractivity contribution in [3.05, 3.63) is 45.6 Å². The molecule has 1 heterocycles. The normalized spacial score (nSPS) is 39.0. The molecule has 0 radical (unpaired) electrons. The van der Waals surface area contributed by atoms with Crippen LogP contribution in [-0.2, 0) is 0 Å². The van der Waals surface area contributed by atoms with E-state index in [1.54, 1.807) is 0 Å². The zero-order chi connectivity index (χ0) is 17.2. The van der Waals surface area contributed by atoms with Crippen molar-refractivity contribution < 1.29 is 0 Å². The van der Waals surface area contributed by atoms with Gasteiger partial charge in [0.25, 0.3) is 0 Å². The van der Waals surface area contributed by atoms with Gasteiger partial charge in [-0.25, -0.2) is 0 Å². The second-order valence-electron chi connectivity index (χ2n) is 8.52. The number of rotatable bonds is 2. The smallest absolute Gasteiger partial charge is 0.171 e. The van der Waals surface area contributed by atoms with Gasteiger partial charge >= 0.3 is 0 Å². The van der Waals surface area contributed by atoms with Crippen LogP contribution >= 0.6 is 35.4 Å². The highest BCUT2D eigenvalue weighted by molar-refractivity contribution is 7.80. The summed E-state index contributed by atoms with van der Waals surface area (Å²) in [6.45, 7) is 0. The van der Waals surface area contributed by atoms with Gasteiger partial charge in [-0.05, 0) is 92.3 Å². The first-order chi connectivity index (χ1) is 12.0. The Morgan fingerprint density at radius 2 is 1.64 bits per heavy atom. The SMILES string of the molecule is S=C1NC(C23CC4CC(CC(C4)C2)C3)=CC(c2ccc(Cl)cc2Cl)N1. The summed E-state index contributed by atoms with van der Waals surface area (Å²) in [5.74, 6) is 2.74. The summed E-state index contributed by atoms with van der Waals surface area (Å²) in [6, 6.07) is 5.72. The molecule has 1 atom stereocenters. The maximum absolute atomic E-state index is 6.46. The lowest BCUT2D eigenvalue weighted by atomic mass is 9.48. The molecule has 4 bridgehead atoms. The monoisotopic (exact) mass is 392 g/mol. The standard InChI is InChI=1S/C20H22Cl2N2S/c21-14-1-2-15(16(22)6-14)17-7-18(24-19(25)23-17)20-8-11-3-12(9-20)5-13(4-11)10-20/h1-2,6-7,11-13,17H,3-5,8-10H2,(H2,23,24,25). The second kappa shape index (κ2) is 5.87. The Balaban J connectivity index is 1.52. The van der Waals surface area contributed by atoms with Crippen molar-refractivity contribution in [3.63, 3.8) is 0 Å². The van der Waals surface area contributed by atoms with Crippen LogP contribution < -0.4 is 10.6 Å². The van der Waals surface area contributed by atoms with Crippen molar-refractivity contribution in [3.8, 4) is 0 Å². The van der Waals surface area contributed by atoms with E-state index in [0.717, 1.165) is 23.3 Å². The van der Waals surface area contributed by atoms with Crippen LogP contribution in [0.4, 0.5) is 0 Å². The number of hydrogen-bond acceptors (Lipinski definition) is 1. The molecule has 132 valence electrons. The molecule has 0 amide bonds. The number of hydrogen-bond donors (Lipinski definition) is 2. The Kier molecular flexibility index (Phi) is 3.85. The maximum atomic E-state index is 6.46. The van der Waals surface area contributed by atoms with Gasteiger partial charge in [0.2, 0.25) is 0 Å². The van der Waals surface area contributed by atoms with Crippen LogP contribution in [-0.4, -0.2) is 5.11 Å². The van der Waals surface area contributed by atoms with Crippen LogP contribution in [0.1, 0.15) is 50.1 Å². The molecule has 4 saturated carbocycles. The molecule has 4 fully saturated rings. The highest BCUT2D eigenvalue weighted by Gasteiger charge is 2.53. The largest absolute Gasteiger partial charge is 0.352 e. The summed E-state index contributed by atoms with van der Waals surface area (Å²) in [7, 11) is 0. The molecule has 1 aromatic carbocycles. The van der Waals surface area contributed by atoms with Gasteiger partial charge in [-0.3, -0.25) is 0 Å². The van der Waals surface area contributed by atoms with E-state index >= 15 is 0 Å². The van der Waals surface area contributed by atoms with Gasteiger partial charge in [0.1, 0.15) is 0 Å². The highest BCUT2D eigenvalue weighted by atomic mass is 35.5. The zero-order valence-electron chi connectivity index (χ0n) is 14.0. The number of halogens is 2. The Bertz CT molecular complexity index is 738. The molecular formula is C20H22Cl2N2S. The lowest BCUT2D eigenvalue weighted by molar-refractivity contribution is -0.0331. The fourth-order valence-electron chi connectivity index (χ4n) is 6.22. The van der Waals surface area contributed by atoms with Gasteiger partial charge in [-0.2, -0.15) is 0 Å². The fourth-order valence-corrected chi connectivity index (χ4v) is 6.98. The predicted octanol–water partition coefficient (Wildman–Crippen LogP) is 5.61. The third-order valence-electron chi connectivity index (χ3n) is 6.78. The maximum Gasteiger partial charge on any atom is 0.171 e. The molecule has 4 aliphatic carbocycles. The molecule has 1 unspecified atom stereocenters. The van der Waals surface area contributed by atoms with Gasteiger partial charge < -0.3 is 10.6 Å². The molecule has 1 aliphatic heterocycles. The molecule has 2 nitrogen and oxygen atoms in total. The molecule has 2 N–H and O–H groups in total. The first kappa shape index (κ1) is 16.4. The quantitative estimate of drug-likeness (QED) is 0.639. The van der Waals surface area contributed by atoms with Gasteiger partial charge in [0.05, 0.1) is 6.04 Å². The molecule has 0 spiro atoms. The number of thiocarbonyl (C=S) groups is 1. The number of nitrogens with one attached hydrogen (secondary N) is 2. The molecule has 1 aromatic rings. The molecule has 6 rings (SSSR count). The lowest BCUT2D eigenvalue weighted by Crippen LogP contribution is -2.53. The van der Waals surface area contributed by atoms with Gasteiger partial charge in [0, 0.05) is 21.2 Å².